The Morgan fingerprint density at radius 1 is 1.24 bits per heavy atom. The second kappa shape index (κ2) is 6.35. The lowest BCUT2D eigenvalue weighted by Gasteiger charge is -2.02. The van der Waals surface area contributed by atoms with Gasteiger partial charge in [-0.1, -0.05) is 29.8 Å². The average Bonchev–Trinajstić information content (AvgIpc) is 2.35. The summed E-state index contributed by atoms with van der Waals surface area (Å²) >= 11 is 0. The van der Waals surface area contributed by atoms with Gasteiger partial charge in [-0.3, -0.25) is 0 Å². The van der Waals surface area contributed by atoms with Gasteiger partial charge in [-0.05, 0) is 25.5 Å². The molecule has 0 heterocycles. The van der Waals surface area contributed by atoms with Crippen molar-refractivity contribution in [3.05, 3.63) is 42.0 Å². The Morgan fingerprint density at radius 2 is 1.88 bits per heavy atom. The van der Waals surface area contributed by atoms with E-state index < -0.39 is 9.84 Å². The van der Waals surface area contributed by atoms with Crippen molar-refractivity contribution in [1.29, 1.82) is 0 Å². The lowest BCUT2D eigenvalue weighted by Crippen LogP contribution is -2.04. The van der Waals surface area contributed by atoms with Crippen molar-refractivity contribution in [2.45, 2.75) is 24.7 Å². The van der Waals surface area contributed by atoms with E-state index in [2.05, 4.69) is 0 Å². The Kier molecular flexibility index (Phi) is 5.10. The summed E-state index contributed by atoms with van der Waals surface area (Å²) in [6, 6.07) is 8.36. The normalized spacial score (nSPS) is 12.4. The first kappa shape index (κ1) is 13.6. The smallest absolute Gasteiger partial charge is 0.181 e. The molecule has 0 saturated carbocycles. The Bertz CT molecular complexity index is 487. The first-order valence-corrected chi connectivity index (χ1v) is 7.08. The van der Waals surface area contributed by atoms with Crippen molar-refractivity contribution in [2.24, 2.45) is 0 Å². The van der Waals surface area contributed by atoms with Crippen molar-refractivity contribution in [3.8, 4) is 0 Å². The van der Waals surface area contributed by atoms with E-state index in [1.54, 1.807) is 36.4 Å². The van der Waals surface area contributed by atoms with Gasteiger partial charge in [-0.25, -0.2) is 8.42 Å². The summed E-state index contributed by atoms with van der Waals surface area (Å²) < 4.78 is 23.8. The number of allylic oxidation sites excluding steroid dienone is 1. The molecule has 0 aliphatic heterocycles. The number of carbonyl (C=O) groups excluding carboxylic acids is 1. The zero-order valence-corrected chi connectivity index (χ0v) is 10.6. The number of benzene rings is 1. The van der Waals surface area contributed by atoms with Gasteiger partial charge >= 0.3 is 0 Å². The quantitative estimate of drug-likeness (QED) is 0.577. The molecule has 0 aliphatic carbocycles. The second-order valence-electron chi connectivity index (χ2n) is 3.85. The van der Waals surface area contributed by atoms with Crippen LogP contribution in [0.25, 0.3) is 0 Å². The van der Waals surface area contributed by atoms with Gasteiger partial charge < -0.3 is 4.79 Å². The molecular formula is C13H16O3S. The maximum atomic E-state index is 11.9. The highest BCUT2D eigenvalue weighted by molar-refractivity contribution is 7.91. The van der Waals surface area contributed by atoms with E-state index in [0.29, 0.717) is 17.7 Å². The van der Waals surface area contributed by atoms with E-state index in [1.165, 1.54) is 0 Å². The Balaban J connectivity index is 2.72. The van der Waals surface area contributed by atoms with E-state index >= 15 is 0 Å². The van der Waals surface area contributed by atoms with Gasteiger partial charge in [0.05, 0.1) is 10.6 Å². The lowest BCUT2D eigenvalue weighted by atomic mass is 10.2. The van der Waals surface area contributed by atoms with Crippen LogP contribution in [0.2, 0.25) is 0 Å². The zero-order chi connectivity index (χ0) is 12.7. The van der Waals surface area contributed by atoms with Crippen LogP contribution in [0.4, 0.5) is 0 Å². The molecule has 0 bridgehead atoms. The Hall–Kier alpha value is -1.42. The van der Waals surface area contributed by atoms with Crippen molar-refractivity contribution in [1.82, 2.24) is 0 Å². The molecule has 3 nitrogen and oxygen atoms in total. The van der Waals surface area contributed by atoms with Crippen LogP contribution in [0.15, 0.2) is 46.9 Å². The molecule has 4 heteroatoms. The van der Waals surface area contributed by atoms with E-state index in [-0.39, 0.29) is 5.75 Å². The van der Waals surface area contributed by atoms with Gasteiger partial charge in [0.2, 0.25) is 0 Å². The molecule has 17 heavy (non-hydrogen) atoms. The SMILES string of the molecule is CC(=CCS(=O)(=O)c1ccccc1)CCC=O. The Morgan fingerprint density at radius 3 is 2.47 bits per heavy atom. The third-order valence-corrected chi connectivity index (χ3v) is 4.01. The number of carbonyl (C=O) groups is 1. The highest BCUT2D eigenvalue weighted by Gasteiger charge is 2.11. The molecule has 1 aromatic rings. The summed E-state index contributed by atoms with van der Waals surface area (Å²) in [6.07, 6.45) is 3.57. The Labute approximate surface area is 102 Å². The summed E-state index contributed by atoms with van der Waals surface area (Å²) in [4.78, 5) is 10.5. The molecule has 0 saturated heterocycles. The molecule has 0 radical (unpaired) electrons. The number of hydrogen-bond acceptors (Lipinski definition) is 3. The van der Waals surface area contributed by atoms with Gasteiger partial charge in [0.1, 0.15) is 6.29 Å². The van der Waals surface area contributed by atoms with Gasteiger partial charge in [-0.2, -0.15) is 0 Å². The molecule has 1 aromatic carbocycles. The van der Waals surface area contributed by atoms with Crippen LogP contribution >= 0.6 is 0 Å². The standard InChI is InChI=1S/C13H16O3S/c1-12(6-5-10-14)9-11-17(15,16)13-7-3-2-4-8-13/h2-4,7-10H,5-6,11H2,1H3. The van der Waals surface area contributed by atoms with Gasteiger partial charge in [0, 0.05) is 6.42 Å². The molecule has 0 atom stereocenters. The molecular weight excluding hydrogens is 236 g/mol. The first-order valence-electron chi connectivity index (χ1n) is 5.43. The lowest BCUT2D eigenvalue weighted by molar-refractivity contribution is -0.107. The average molecular weight is 252 g/mol. The third-order valence-electron chi connectivity index (χ3n) is 2.41. The van der Waals surface area contributed by atoms with E-state index in [1.807, 2.05) is 6.92 Å². The van der Waals surface area contributed by atoms with Crippen LogP contribution in [-0.4, -0.2) is 20.5 Å². The third kappa shape index (κ3) is 4.53. The molecule has 92 valence electrons. The van der Waals surface area contributed by atoms with Gasteiger partial charge in [0.15, 0.2) is 9.84 Å². The fourth-order valence-corrected chi connectivity index (χ4v) is 2.63. The molecule has 0 fully saturated rings. The largest absolute Gasteiger partial charge is 0.303 e. The first-order chi connectivity index (χ1) is 8.06. The maximum absolute atomic E-state index is 11.9. The fourth-order valence-electron chi connectivity index (χ4n) is 1.36. The van der Waals surface area contributed by atoms with Crippen molar-refractivity contribution in [3.63, 3.8) is 0 Å². The maximum Gasteiger partial charge on any atom is 0.181 e. The molecule has 1 rings (SSSR count). The van der Waals surface area contributed by atoms with Crippen LogP contribution in [0, 0.1) is 0 Å². The van der Waals surface area contributed by atoms with E-state index in [0.717, 1.165) is 11.9 Å². The molecule has 0 N–H and O–H groups in total. The van der Waals surface area contributed by atoms with Crippen LogP contribution in [-0.2, 0) is 14.6 Å². The van der Waals surface area contributed by atoms with Crippen LogP contribution in [0.3, 0.4) is 0 Å². The summed E-state index contributed by atoms with van der Waals surface area (Å²) in [6.45, 7) is 1.84. The number of sulfone groups is 1. The number of hydrogen-bond donors (Lipinski definition) is 0. The summed E-state index contributed by atoms with van der Waals surface area (Å²) in [5, 5.41) is 0. The molecule has 0 spiro atoms. The predicted molar refractivity (Wildman–Crippen MR) is 67.5 cm³/mol. The van der Waals surface area contributed by atoms with Gasteiger partial charge in [0.25, 0.3) is 0 Å². The minimum absolute atomic E-state index is 0.0122. The summed E-state index contributed by atoms with van der Waals surface area (Å²) in [5.41, 5.74) is 0.927. The number of aldehydes is 1. The van der Waals surface area contributed by atoms with Crippen molar-refractivity contribution in [2.75, 3.05) is 5.75 Å². The van der Waals surface area contributed by atoms with Crippen molar-refractivity contribution < 1.29 is 13.2 Å². The minimum Gasteiger partial charge on any atom is -0.303 e. The van der Waals surface area contributed by atoms with Crippen LogP contribution < -0.4 is 0 Å². The molecule has 0 aromatic heterocycles. The topological polar surface area (TPSA) is 51.2 Å². The summed E-state index contributed by atoms with van der Waals surface area (Å²) in [7, 11) is -3.25. The monoisotopic (exact) mass is 252 g/mol. The number of rotatable bonds is 6. The van der Waals surface area contributed by atoms with Crippen LogP contribution in [0.1, 0.15) is 19.8 Å². The van der Waals surface area contributed by atoms with Crippen molar-refractivity contribution >= 4 is 16.1 Å². The van der Waals surface area contributed by atoms with Crippen LogP contribution in [0.5, 0.6) is 0 Å². The molecule has 0 aliphatic rings. The molecule has 0 unspecified atom stereocenters. The predicted octanol–water partition coefficient (Wildman–Crippen LogP) is 2.39. The second-order valence-corrected chi connectivity index (χ2v) is 5.88. The highest BCUT2D eigenvalue weighted by atomic mass is 32.2. The zero-order valence-electron chi connectivity index (χ0n) is 9.80. The van der Waals surface area contributed by atoms with E-state index in [9.17, 15) is 13.2 Å². The fraction of sp³-hybridized carbons (Fsp3) is 0.308. The minimum atomic E-state index is -3.25. The van der Waals surface area contributed by atoms with Gasteiger partial charge in [-0.15, -0.1) is 0 Å². The molecule has 0 amide bonds. The summed E-state index contributed by atoms with van der Waals surface area (Å²) in [5.74, 6) is -0.0122. The van der Waals surface area contributed by atoms with E-state index in [4.69, 9.17) is 0 Å². The highest BCUT2D eigenvalue weighted by Crippen LogP contribution is 2.12.